The van der Waals surface area contributed by atoms with Crippen LogP contribution in [0.25, 0.3) is 0 Å². The van der Waals surface area contributed by atoms with E-state index in [-0.39, 0.29) is 24.7 Å². The molecule has 2 heterocycles. The lowest BCUT2D eigenvalue weighted by molar-refractivity contribution is -0.144. The van der Waals surface area contributed by atoms with Crippen LogP contribution in [0.2, 0.25) is 0 Å². The Morgan fingerprint density at radius 3 is 2.71 bits per heavy atom. The summed E-state index contributed by atoms with van der Waals surface area (Å²) in [4.78, 5) is 30.2. The van der Waals surface area contributed by atoms with Gasteiger partial charge in [0.2, 0.25) is 0 Å². The highest BCUT2D eigenvalue weighted by Crippen LogP contribution is 2.28. The Hall–Kier alpha value is -1.80. The molecule has 3 rings (SSSR count). The van der Waals surface area contributed by atoms with E-state index in [1.165, 1.54) is 19.3 Å². The molecule has 2 fully saturated rings. The molecule has 7 nitrogen and oxygen atoms in total. The number of carboxylic acids is 1. The van der Waals surface area contributed by atoms with Gasteiger partial charge < -0.3 is 20.1 Å². The molecule has 2 N–H and O–H groups in total. The van der Waals surface area contributed by atoms with E-state index in [1.807, 2.05) is 17.0 Å². The number of rotatable bonds is 9. The highest BCUT2D eigenvalue weighted by Gasteiger charge is 2.30. The third-order valence-corrected chi connectivity index (χ3v) is 6.29. The van der Waals surface area contributed by atoms with Gasteiger partial charge in [-0.15, -0.1) is 11.8 Å². The predicted molar refractivity (Wildman–Crippen MR) is 109 cm³/mol. The van der Waals surface area contributed by atoms with Crippen molar-refractivity contribution in [2.75, 3.05) is 30.3 Å². The van der Waals surface area contributed by atoms with Crippen molar-refractivity contribution in [3.05, 3.63) is 17.7 Å². The second-order valence-electron chi connectivity index (χ2n) is 7.41. The number of ether oxygens (including phenoxy) is 1. The summed E-state index contributed by atoms with van der Waals surface area (Å²) in [6, 6.07) is 4.01. The summed E-state index contributed by atoms with van der Waals surface area (Å²) in [6.07, 6.45) is 6.65. The first-order chi connectivity index (χ1) is 13.6. The first-order valence-electron chi connectivity index (χ1n) is 10.1. The molecule has 1 amide bonds. The fourth-order valence-electron chi connectivity index (χ4n) is 3.52. The molecule has 1 aromatic rings. The summed E-state index contributed by atoms with van der Waals surface area (Å²) in [5.41, 5.74) is 0.645. The zero-order valence-electron chi connectivity index (χ0n) is 16.4. The van der Waals surface area contributed by atoms with E-state index in [9.17, 15) is 9.59 Å². The van der Waals surface area contributed by atoms with Crippen LogP contribution in [0.1, 0.15) is 55.8 Å². The van der Waals surface area contributed by atoms with Crippen LogP contribution in [-0.4, -0.2) is 59.6 Å². The van der Waals surface area contributed by atoms with Crippen LogP contribution in [0.3, 0.4) is 0 Å². The molecule has 28 heavy (non-hydrogen) atoms. The number of aromatic nitrogens is 1. The summed E-state index contributed by atoms with van der Waals surface area (Å²) < 4.78 is 5.29. The molecule has 1 saturated carbocycles. The quantitative estimate of drug-likeness (QED) is 0.608. The van der Waals surface area contributed by atoms with Gasteiger partial charge in [-0.1, -0.05) is 26.2 Å². The number of thioether (sulfide) groups is 1. The van der Waals surface area contributed by atoms with Gasteiger partial charge in [0.15, 0.2) is 0 Å². The van der Waals surface area contributed by atoms with Gasteiger partial charge in [0, 0.05) is 19.1 Å². The van der Waals surface area contributed by atoms with Crippen molar-refractivity contribution >= 4 is 29.5 Å². The molecule has 8 heteroatoms. The molecule has 1 aliphatic heterocycles. The molecule has 154 valence electrons. The van der Waals surface area contributed by atoms with Crippen LogP contribution in [-0.2, 0) is 9.53 Å². The fourth-order valence-corrected chi connectivity index (χ4v) is 4.39. The molecule has 0 bridgehead atoms. The fraction of sp³-hybridized carbons (Fsp3) is 0.650. The molecule has 1 aliphatic carbocycles. The summed E-state index contributed by atoms with van der Waals surface area (Å²) in [6.45, 7) is 3.07. The Morgan fingerprint density at radius 1 is 1.29 bits per heavy atom. The van der Waals surface area contributed by atoms with Crippen molar-refractivity contribution in [1.82, 2.24) is 10.3 Å². The normalized spacial score (nSPS) is 18.0. The SMILES string of the molecule is CCCSc1nc(N2CC(OCC(=O)O)C2)ccc1C(=O)NC1CCCCC1. The summed E-state index contributed by atoms with van der Waals surface area (Å²) in [7, 11) is 0. The van der Waals surface area contributed by atoms with Crippen LogP contribution in [0.15, 0.2) is 17.2 Å². The van der Waals surface area contributed by atoms with Gasteiger partial charge in [0.1, 0.15) is 17.5 Å². The van der Waals surface area contributed by atoms with Crippen molar-refractivity contribution in [3.63, 3.8) is 0 Å². The molecule has 1 saturated heterocycles. The number of carboxylic acid groups (broad SMARTS) is 1. The van der Waals surface area contributed by atoms with Crippen LogP contribution in [0.5, 0.6) is 0 Å². The third kappa shape index (κ3) is 5.61. The van der Waals surface area contributed by atoms with E-state index in [0.717, 1.165) is 35.9 Å². The number of anilines is 1. The number of hydrogen-bond acceptors (Lipinski definition) is 6. The molecule has 0 atom stereocenters. The smallest absolute Gasteiger partial charge is 0.329 e. The lowest BCUT2D eigenvalue weighted by atomic mass is 9.95. The number of amides is 1. The second-order valence-corrected chi connectivity index (χ2v) is 8.49. The highest BCUT2D eigenvalue weighted by atomic mass is 32.2. The number of nitrogens with zero attached hydrogens (tertiary/aromatic N) is 2. The van der Waals surface area contributed by atoms with Crippen molar-refractivity contribution in [3.8, 4) is 0 Å². The van der Waals surface area contributed by atoms with Crippen LogP contribution < -0.4 is 10.2 Å². The van der Waals surface area contributed by atoms with E-state index < -0.39 is 5.97 Å². The van der Waals surface area contributed by atoms with E-state index in [0.29, 0.717) is 18.7 Å². The number of hydrogen-bond donors (Lipinski definition) is 2. The number of aliphatic carboxylic acids is 1. The summed E-state index contributed by atoms with van der Waals surface area (Å²) in [5.74, 6) is 0.729. The molecular weight excluding hydrogens is 378 g/mol. The average Bonchev–Trinajstić information content (AvgIpc) is 2.65. The maximum Gasteiger partial charge on any atom is 0.329 e. The van der Waals surface area contributed by atoms with E-state index in [1.54, 1.807) is 11.8 Å². The van der Waals surface area contributed by atoms with Crippen molar-refractivity contribution in [2.24, 2.45) is 0 Å². The second kappa shape index (κ2) is 10.1. The minimum atomic E-state index is -0.955. The average molecular weight is 408 g/mol. The lowest BCUT2D eigenvalue weighted by Gasteiger charge is -2.39. The van der Waals surface area contributed by atoms with Crippen molar-refractivity contribution in [2.45, 2.75) is 62.6 Å². The minimum absolute atomic E-state index is 0.0316. The third-order valence-electron chi connectivity index (χ3n) is 5.09. The molecular formula is C20H29N3O4S. The first-order valence-corrected chi connectivity index (χ1v) is 11.1. The topological polar surface area (TPSA) is 91.8 Å². The first kappa shape index (κ1) is 20.9. The maximum atomic E-state index is 12.8. The Morgan fingerprint density at radius 2 is 2.04 bits per heavy atom. The van der Waals surface area contributed by atoms with Gasteiger partial charge in [-0.05, 0) is 37.1 Å². The highest BCUT2D eigenvalue weighted by molar-refractivity contribution is 7.99. The Labute approximate surface area is 170 Å². The molecule has 1 aromatic heterocycles. The maximum absolute atomic E-state index is 12.8. The molecule has 0 spiro atoms. The molecule has 2 aliphatic rings. The van der Waals surface area contributed by atoms with E-state index in [2.05, 4.69) is 12.2 Å². The number of carbonyl (C=O) groups is 2. The zero-order valence-corrected chi connectivity index (χ0v) is 17.2. The standard InChI is InChI=1S/C20H29N3O4S/c1-2-10-28-20-16(19(26)21-14-6-4-3-5-7-14)8-9-17(22-20)23-11-15(12-23)27-13-18(24)25/h8-9,14-15H,2-7,10-13H2,1H3,(H,21,26)(H,24,25). The van der Waals surface area contributed by atoms with Gasteiger partial charge in [-0.2, -0.15) is 0 Å². The monoisotopic (exact) mass is 407 g/mol. The number of carbonyl (C=O) groups excluding carboxylic acids is 1. The van der Waals surface area contributed by atoms with Gasteiger partial charge in [-0.3, -0.25) is 4.79 Å². The van der Waals surface area contributed by atoms with Crippen molar-refractivity contribution < 1.29 is 19.4 Å². The molecule has 0 unspecified atom stereocenters. The summed E-state index contributed by atoms with van der Waals surface area (Å²) >= 11 is 1.61. The Bertz CT molecular complexity index is 688. The minimum Gasteiger partial charge on any atom is -0.480 e. The van der Waals surface area contributed by atoms with Gasteiger partial charge in [0.25, 0.3) is 5.91 Å². The number of pyridine rings is 1. The lowest BCUT2D eigenvalue weighted by Crippen LogP contribution is -2.53. The zero-order chi connectivity index (χ0) is 19.9. The Balaban J connectivity index is 1.64. The van der Waals surface area contributed by atoms with Crippen molar-refractivity contribution in [1.29, 1.82) is 0 Å². The van der Waals surface area contributed by atoms with Gasteiger partial charge >= 0.3 is 5.97 Å². The molecule has 0 radical (unpaired) electrons. The Kier molecular flexibility index (Phi) is 7.56. The largest absolute Gasteiger partial charge is 0.480 e. The van der Waals surface area contributed by atoms with E-state index in [4.69, 9.17) is 14.8 Å². The van der Waals surface area contributed by atoms with Crippen LogP contribution >= 0.6 is 11.8 Å². The number of nitrogens with one attached hydrogen (secondary N) is 1. The van der Waals surface area contributed by atoms with E-state index >= 15 is 0 Å². The van der Waals surface area contributed by atoms with Gasteiger partial charge in [-0.25, -0.2) is 9.78 Å². The predicted octanol–water partition coefficient (Wildman–Crippen LogP) is 2.94. The summed E-state index contributed by atoms with van der Waals surface area (Å²) in [5, 5.41) is 12.6. The van der Waals surface area contributed by atoms with Crippen LogP contribution in [0, 0.1) is 0 Å². The van der Waals surface area contributed by atoms with Gasteiger partial charge in [0.05, 0.1) is 11.7 Å². The molecule has 0 aromatic carbocycles. The van der Waals surface area contributed by atoms with Crippen LogP contribution in [0.4, 0.5) is 5.82 Å².